The molecule has 0 spiro atoms. The summed E-state index contributed by atoms with van der Waals surface area (Å²) >= 11 is 6.33. The van der Waals surface area contributed by atoms with Crippen molar-refractivity contribution in [2.45, 2.75) is 39.6 Å². The number of rotatable bonds is 8. The van der Waals surface area contributed by atoms with Crippen molar-refractivity contribution in [2.24, 2.45) is 10.1 Å². The fraction of sp³-hybridized carbons (Fsp3) is 0.320. The molecule has 0 saturated carbocycles. The molecule has 9 heteroatoms. The van der Waals surface area contributed by atoms with Gasteiger partial charge in [0.2, 0.25) is 0 Å². The SMILES string of the molecule is C/C=C\C(=NO)C(C)=Nc1ccc(C(=O)c2cc(OCC3COC(C)(C)O3)ccc2F)c(Cl)c1. The van der Waals surface area contributed by atoms with Crippen LogP contribution in [0.2, 0.25) is 5.02 Å². The molecule has 0 amide bonds. The Bertz CT molecular complexity index is 1160. The van der Waals surface area contributed by atoms with Crippen molar-refractivity contribution in [3.63, 3.8) is 0 Å². The predicted octanol–water partition coefficient (Wildman–Crippen LogP) is 5.74. The lowest BCUT2D eigenvalue weighted by molar-refractivity contribution is -0.141. The molecule has 3 rings (SSSR count). The maximum Gasteiger partial charge on any atom is 0.197 e. The molecule has 2 aromatic carbocycles. The van der Waals surface area contributed by atoms with Gasteiger partial charge in [0.1, 0.15) is 30.0 Å². The number of oxime groups is 1. The summed E-state index contributed by atoms with van der Waals surface area (Å²) in [6.45, 7) is 7.65. The third kappa shape index (κ3) is 6.28. The standard InChI is InChI=1S/C25H26ClFN2O5/c1-5-6-23(29-31)15(2)28-16-7-9-19(21(26)11-16)24(30)20-12-17(8-10-22(20)27)32-13-18-14-33-25(3,4)34-18/h5-12,18,31H,13-14H2,1-4H3/b6-5-,28-15?,29-23?. The van der Waals surface area contributed by atoms with E-state index in [9.17, 15) is 9.18 Å². The van der Waals surface area contributed by atoms with Gasteiger partial charge in [-0.1, -0.05) is 22.8 Å². The van der Waals surface area contributed by atoms with Crippen molar-refractivity contribution in [3.05, 3.63) is 70.5 Å². The van der Waals surface area contributed by atoms with Gasteiger partial charge in [-0.2, -0.15) is 0 Å². The fourth-order valence-electron chi connectivity index (χ4n) is 3.34. The van der Waals surface area contributed by atoms with E-state index in [0.29, 0.717) is 23.8 Å². The van der Waals surface area contributed by atoms with Gasteiger partial charge in [-0.25, -0.2) is 4.39 Å². The fourth-order valence-corrected chi connectivity index (χ4v) is 3.60. The highest BCUT2D eigenvalue weighted by atomic mass is 35.5. The van der Waals surface area contributed by atoms with Crippen LogP contribution in [0.5, 0.6) is 5.75 Å². The quantitative estimate of drug-likeness (QED) is 0.221. The minimum absolute atomic E-state index is 0.108. The lowest BCUT2D eigenvalue weighted by Crippen LogP contribution is -2.25. The van der Waals surface area contributed by atoms with Crippen LogP contribution >= 0.6 is 11.6 Å². The van der Waals surface area contributed by atoms with E-state index in [4.69, 9.17) is 31.0 Å². The van der Waals surface area contributed by atoms with E-state index in [2.05, 4.69) is 10.1 Å². The van der Waals surface area contributed by atoms with E-state index < -0.39 is 17.4 Å². The second-order valence-corrected chi connectivity index (χ2v) is 8.49. The van der Waals surface area contributed by atoms with E-state index in [1.54, 1.807) is 32.1 Å². The number of hydrogen-bond acceptors (Lipinski definition) is 7. The first-order chi connectivity index (χ1) is 16.1. The Kier molecular flexibility index (Phi) is 8.19. The van der Waals surface area contributed by atoms with Gasteiger partial charge in [0.05, 0.1) is 28.6 Å². The largest absolute Gasteiger partial charge is 0.491 e. The minimum Gasteiger partial charge on any atom is -0.491 e. The summed E-state index contributed by atoms with van der Waals surface area (Å²) in [5, 5.41) is 12.4. The van der Waals surface area contributed by atoms with Crippen LogP contribution in [0.3, 0.4) is 0 Å². The van der Waals surface area contributed by atoms with Gasteiger partial charge in [0.25, 0.3) is 0 Å². The van der Waals surface area contributed by atoms with Crippen molar-refractivity contribution in [1.29, 1.82) is 0 Å². The third-order valence-electron chi connectivity index (χ3n) is 4.98. The van der Waals surface area contributed by atoms with Gasteiger partial charge < -0.3 is 19.4 Å². The number of ketones is 1. The first kappa shape index (κ1) is 25.6. The van der Waals surface area contributed by atoms with Gasteiger partial charge in [-0.3, -0.25) is 9.79 Å². The van der Waals surface area contributed by atoms with Crippen molar-refractivity contribution in [3.8, 4) is 5.75 Å². The predicted molar refractivity (Wildman–Crippen MR) is 128 cm³/mol. The number of carbonyl (C=O) groups is 1. The van der Waals surface area contributed by atoms with Crippen molar-refractivity contribution in [1.82, 2.24) is 0 Å². The molecule has 1 aliphatic rings. The molecule has 7 nitrogen and oxygen atoms in total. The first-order valence-electron chi connectivity index (χ1n) is 10.6. The van der Waals surface area contributed by atoms with Crippen LogP contribution < -0.4 is 4.74 Å². The maximum absolute atomic E-state index is 14.5. The number of ether oxygens (including phenoxy) is 3. The molecule has 34 heavy (non-hydrogen) atoms. The van der Waals surface area contributed by atoms with Crippen molar-refractivity contribution < 1.29 is 28.6 Å². The van der Waals surface area contributed by atoms with Gasteiger partial charge in [0, 0.05) is 5.56 Å². The van der Waals surface area contributed by atoms with Crippen LogP contribution in [0.25, 0.3) is 0 Å². The highest BCUT2D eigenvalue weighted by Crippen LogP contribution is 2.28. The van der Waals surface area contributed by atoms with E-state index in [1.165, 1.54) is 30.3 Å². The zero-order valence-corrected chi connectivity index (χ0v) is 20.1. The molecule has 1 atom stereocenters. The summed E-state index contributed by atoms with van der Waals surface area (Å²) in [5.41, 5.74) is 1.14. The molecule has 1 fully saturated rings. The number of allylic oxidation sites excluding steroid dienone is 2. The van der Waals surface area contributed by atoms with Crippen LogP contribution in [0, 0.1) is 5.82 Å². The number of benzene rings is 2. The summed E-state index contributed by atoms with van der Waals surface area (Å²) in [7, 11) is 0. The Hall–Kier alpha value is -3.07. The van der Waals surface area contributed by atoms with Crippen molar-refractivity contribution in [2.75, 3.05) is 13.2 Å². The Morgan fingerprint density at radius 1 is 1.29 bits per heavy atom. The van der Waals surface area contributed by atoms with Crippen LogP contribution in [0.1, 0.15) is 43.6 Å². The van der Waals surface area contributed by atoms with Gasteiger partial charge >= 0.3 is 0 Å². The number of hydrogen-bond donors (Lipinski definition) is 1. The molecule has 1 unspecified atom stereocenters. The van der Waals surface area contributed by atoms with Crippen LogP contribution in [0.15, 0.2) is 58.7 Å². The smallest absolute Gasteiger partial charge is 0.197 e. The zero-order valence-electron chi connectivity index (χ0n) is 19.3. The van der Waals surface area contributed by atoms with Crippen LogP contribution in [-0.2, 0) is 9.47 Å². The molecule has 180 valence electrons. The number of aliphatic imine (C=N–C) groups is 1. The van der Waals surface area contributed by atoms with E-state index >= 15 is 0 Å². The van der Waals surface area contributed by atoms with Gasteiger partial charge in [-0.05, 0) is 70.2 Å². The lowest BCUT2D eigenvalue weighted by atomic mass is 10.0. The highest BCUT2D eigenvalue weighted by Gasteiger charge is 2.33. The molecule has 0 radical (unpaired) electrons. The van der Waals surface area contributed by atoms with Gasteiger partial charge in [0.15, 0.2) is 11.6 Å². The molecule has 1 aliphatic heterocycles. The van der Waals surface area contributed by atoms with E-state index in [-0.39, 0.29) is 34.6 Å². The topological polar surface area (TPSA) is 89.7 Å². The number of halogens is 2. The minimum atomic E-state index is -0.692. The molecular weight excluding hydrogens is 463 g/mol. The summed E-state index contributed by atoms with van der Waals surface area (Å²) in [6.07, 6.45) is 3.04. The summed E-state index contributed by atoms with van der Waals surface area (Å²) in [4.78, 5) is 17.4. The summed E-state index contributed by atoms with van der Waals surface area (Å²) in [5.74, 6) is -1.63. The zero-order chi connectivity index (χ0) is 24.9. The average molecular weight is 489 g/mol. The first-order valence-corrected chi connectivity index (χ1v) is 11.0. The third-order valence-corrected chi connectivity index (χ3v) is 5.30. The molecule has 1 heterocycles. The van der Waals surface area contributed by atoms with Crippen molar-refractivity contribution >= 4 is 34.5 Å². The molecule has 2 aromatic rings. The number of carbonyl (C=O) groups excluding carboxylic acids is 1. The average Bonchev–Trinajstić information content (AvgIpc) is 3.15. The summed E-state index contributed by atoms with van der Waals surface area (Å²) < 4.78 is 31.4. The molecular formula is C25H26ClFN2O5. The molecule has 0 aliphatic carbocycles. The second-order valence-electron chi connectivity index (χ2n) is 8.08. The Morgan fingerprint density at radius 3 is 2.68 bits per heavy atom. The Morgan fingerprint density at radius 2 is 2.06 bits per heavy atom. The normalized spacial score (nSPS) is 18.5. The van der Waals surface area contributed by atoms with Crippen LogP contribution in [-0.4, -0.2) is 47.5 Å². The molecule has 1 saturated heterocycles. The van der Waals surface area contributed by atoms with E-state index in [0.717, 1.165) is 0 Å². The molecule has 0 bridgehead atoms. The lowest BCUT2D eigenvalue weighted by Gasteiger charge is -2.17. The monoisotopic (exact) mass is 488 g/mol. The Labute approximate surface area is 202 Å². The molecule has 0 aromatic heterocycles. The Balaban J connectivity index is 1.78. The van der Waals surface area contributed by atoms with Crippen LogP contribution in [0.4, 0.5) is 10.1 Å². The molecule has 1 N–H and O–H groups in total. The second kappa shape index (κ2) is 10.9. The number of nitrogens with zero attached hydrogens (tertiary/aromatic N) is 2. The maximum atomic E-state index is 14.5. The highest BCUT2D eigenvalue weighted by molar-refractivity contribution is 6.46. The summed E-state index contributed by atoms with van der Waals surface area (Å²) in [6, 6.07) is 8.49. The van der Waals surface area contributed by atoms with E-state index in [1.807, 2.05) is 13.8 Å². The van der Waals surface area contributed by atoms with Gasteiger partial charge in [-0.15, -0.1) is 0 Å².